The molecule has 7 heteroatoms. The Kier molecular flexibility index (Phi) is 7.63. The lowest BCUT2D eigenvalue weighted by atomic mass is 10.3. The van der Waals surface area contributed by atoms with Gasteiger partial charge in [0.25, 0.3) is 0 Å². The van der Waals surface area contributed by atoms with E-state index in [0.29, 0.717) is 19.5 Å². The molecular formula is C14H22N4O3. The minimum atomic E-state index is -0.854. The van der Waals surface area contributed by atoms with E-state index in [1.165, 1.54) is 0 Å². The summed E-state index contributed by atoms with van der Waals surface area (Å²) in [6, 6.07) is 3.63. The summed E-state index contributed by atoms with van der Waals surface area (Å²) in [6.07, 6.45) is 3.07. The molecule has 0 atom stereocenters. The number of aliphatic carboxylic acids is 1. The van der Waals surface area contributed by atoms with E-state index < -0.39 is 5.97 Å². The zero-order valence-corrected chi connectivity index (χ0v) is 12.2. The van der Waals surface area contributed by atoms with Crippen LogP contribution in [0.2, 0.25) is 0 Å². The maximum absolute atomic E-state index is 11.4. The summed E-state index contributed by atoms with van der Waals surface area (Å²) in [5.41, 5.74) is 1.11. The maximum Gasteiger partial charge on any atom is 0.314 e. The summed E-state index contributed by atoms with van der Waals surface area (Å²) in [4.78, 5) is 25.9. The molecule has 1 rings (SSSR count). The first-order valence-corrected chi connectivity index (χ1v) is 6.98. The minimum Gasteiger partial charge on any atom is -0.481 e. The standard InChI is InChI=1S/C14H22N4O3/c1-11-5-6-12(18-10-11)15-8-3-9-17-14(21)16-7-2-4-13(19)20/h5-6,10H,2-4,7-9H2,1H3,(H,15,18)(H,19,20)(H2,16,17,21). The molecule has 0 saturated carbocycles. The van der Waals surface area contributed by atoms with Crippen LogP contribution in [0.4, 0.5) is 10.6 Å². The van der Waals surface area contributed by atoms with Gasteiger partial charge in [0, 0.05) is 32.3 Å². The van der Waals surface area contributed by atoms with Crippen molar-refractivity contribution in [2.45, 2.75) is 26.2 Å². The van der Waals surface area contributed by atoms with Crippen molar-refractivity contribution in [1.29, 1.82) is 0 Å². The van der Waals surface area contributed by atoms with Crippen molar-refractivity contribution in [3.8, 4) is 0 Å². The van der Waals surface area contributed by atoms with Crippen molar-refractivity contribution < 1.29 is 14.7 Å². The van der Waals surface area contributed by atoms with Crippen molar-refractivity contribution in [2.24, 2.45) is 0 Å². The van der Waals surface area contributed by atoms with Crippen molar-refractivity contribution in [3.63, 3.8) is 0 Å². The Morgan fingerprint density at radius 2 is 1.86 bits per heavy atom. The molecule has 0 fully saturated rings. The Morgan fingerprint density at radius 1 is 1.14 bits per heavy atom. The van der Waals surface area contributed by atoms with Gasteiger partial charge in [-0.15, -0.1) is 0 Å². The minimum absolute atomic E-state index is 0.0632. The zero-order valence-electron chi connectivity index (χ0n) is 12.2. The van der Waals surface area contributed by atoms with Gasteiger partial charge >= 0.3 is 12.0 Å². The number of amides is 2. The van der Waals surface area contributed by atoms with Gasteiger partial charge in [0.05, 0.1) is 0 Å². The Morgan fingerprint density at radius 3 is 2.48 bits per heavy atom. The molecule has 0 unspecified atom stereocenters. The number of aryl methyl sites for hydroxylation is 1. The normalized spacial score (nSPS) is 9.95. The fourth-order valence-electron chi connectivity index (χ4n) is 1.58. The summed E-state index contributed by atoms with van der Waals surface area (Å²) >= 11 is 0. The third-order valence-corrected chi connectivity index (χ3v) is 2.71. The van der Waals surface area contributed by atoms with E-state index in [-0.39, 0.29) is 12.5 Å². The molecule has 0 bridgehead atoms. The molecule has 0 aliphatic heterocycles. The molecule has 0 aliphatic rings. The van der Waals surface area contributed by atoms with Gasteiger partial charge < -0.3 is 21.1 Å². The highest BCUT2D eigenvalue weighted by molar-refractivity contribution is 5.73. The molecular weight excluding hydrogens is 272 g/mol. The zero-order chi connectivity index (χ0) is 15.5. The molecule has 116 valence electrons. The van der Waals surface area contributed by atoms with Gasteiger partial charge in [-0.1, -0.05) is 6.07 Å². The number of carbonyl (C=O) groups excluding carboxylic acids is 1. The van der Waals surface area contributed by atoms with Gasteiger partial charge in [-0.2, -0.15) is 0 Å². The van der Waals surface area contributed by atoms with E-state index in [2.05, 4.69) is 20.9 Å². The van der Waals surface area contributed by atoms with Gasteiger partial charge in [-0.05, 0) is 31.4 Å². The van der Waals surface area contributed by atoms with Crippen LogP contribution in [0.1, 0.15) is 24.8 Å². The third kappa shape index (κ3) is 8.46. The van der Waals surface area contributed by atoms with Crippen molar-refractivity contribution in [3.05, 3.63) is 23.9 Å². The van der Waals surface area contributed by atoms with E-state index in [4.69, 9.17) is 5.11 Å². The molecule has 2 amide bonds. The monoisotopic (exact) mass is 294 g/mol. The van der Waals surface area contributed by atoms with Gasteiger partial charge in [0.1, 0.15) is 5.82 Å². The van der Waals surface area contributed by atoms with Gasteiger partial charge in [-0.3, -0.25) is 4.79 Å². The number of rotatable bonds is 9. The Hall–Kier alpha value is -2.31. The quantitative estimate of drug-likeness (QED) is 0.515. The van der Waals surface area contributed by atoms with E-state index in [9.17, 15) is 9.59 Å². The average Bonchev–Trinajstić information content (AvgIpc) is 2.45. The van der Waals surface area contributed by atoms with E-state index in [1.807, 2.05) is 19.1 Å². The molecule has 0 aliphatic carbocycles. The first-order chi connectivity index (χ1) is 10.1. The number of carboxylic acids is 1. The highest BCUT2D eigenvalue weighted by atomic mass is 16.4. The van der Waals surface area contributed by atoms with Crippen LogP contribution >= 0.6 is 0 Å². The average molecular weight is 294 g/mol. The molecule has 0 radical (unpaired) electrons. The topological polar surface area (TPSA) is 103 Å². The third-order valence-electron chi connectivity index (χ3n) is 2.71. The van der Waals surface area contributed by atoms with Crippen LogP contribution < -0.4 is 16.0 Å². The summed E-state index contributed by atoms with van der Waals surface area (Å²) in [5.74, 6) is -0.0354. The Labute approximate surface area is 124 Å². The number of pyridine rings is 1. The number of carboxylic acid groups (broad SMARTS) is 1. The van der Waals surface area contributed by atoms with E-state index in [0.717, 1.165) is 24.3 Å². The van der Waals surface area contributed by atoms with Crippen molar-refractivity contribution in [2.75, 3.05) is 25.0 Å². The predicted octanol–water partition coefficient (Wildman–Crippen LogP) is 1.36. The Bertz CT molecular complexity index is 448. The van der Waals surface area contributed by atoms with Crippen LogP contribution in [0.5, 0.6) is 0 Å². The van der Waals surface area contributed by atoms with E-state index >= 15 is 0 Å². The summed E-state index contributed by atoms with van der Waals surface area (Å²) in [5, 5.41) is 16.9. The number of anilines is 1. The second-order valence-electron chi connectivity index (χ2n) is 4.68. The number of carbonyl (C=O) groups is 2. The van der Waals surface area contributed by atoms with Crippen molar-refractivity contribution in [1.82, 2.24) is 15.6 Å². The fourth-order valence-corrected chi connectivity index (χ4v) is 1.58. The number of nitrogens with one attached hydrogen (secondary N) is 3. The lowest BCUT2D eigenvalue weighted by molar-refractivity contribution is -0.137. The first-order valence-electron chi connectivity index (χ1n) is 6.98. The van der Waals surface area contributed by atoms with Crippen LogP contribution in [0, 0.1) is 6.92 Å². The number of nitrogens with zero attached hydrogens (tertiary/aromatic N) is 1. The maximum atomic E-state index is 11.4. The molecule has 0 saturated heterocycles. The van der Waals surface area contributed by atoms with Gasteiger partial charge in [0.2, 0.25) is 0 Å². The second kappa shape index (κ2) is 9.57. The lowest BCUT2D eigenvalue weighted by Gasteiger charge is -2.08. The molecule has 0 spiro atoms. The highest BCUT2D eigenvalue weighted by Crippen LogP contribution is 2.03. The molecule has 4 N–H and O–H groups in total. The molecule has 1 aromatic rings. The SMILES string of the molecule is Cc1ccc(NCCCNC(=O)NCCCC(=O)O)nc1. The van der Waals surface area contributed by atoms with Gasteiger partial charge in [-0.25, -0.2) is 9.78 Å². The number of hydrogen-bond acceptors (Lipinski definition) is 4. The second-order valence-corrected chi connectivity index (χ2v) is 4.68. The highest BCUT2D eigenvalue weighted by Gasteiger charge is 2.00. The van der Waals surface area contributed by atoms with Crippen LogP contribution in [0.15, 0.2) is 18.3 Å². The number of hydrogen-bond donors (Lipinski definition) is 4. The number of urea groups is 1. The van der Waals surface area contributed by atoms with Crippen LogP contribution in [0.3, 0.4) is 0 Å². The van der Waals surface area contributed by atoms with Crippen molar-refractivity contribution >= 4 is 17.8 Å². The lowest BCUT2D eigenvalue weighted by Crippen LogP contribution is -2.37. The van der Waals surface area contributed by atoms with E-state index in [1.54, 1.807) is 6.20 Å². The molecule has 7 nitrogen and oxygen atoms in total. The largest absolute Gasteiger partial charge is 0.481 e. The predicted molar refractivity (Wildman–Crippen MR) is 80.4 cm³/mol. The number of aromatic nitrogens is 1. The molecule has 21 heavy (non-hydrogen) atoms. The smallest absolute Gasteiger partial charge is 0.314 e. The van der Waals surface area contributed by atoms with Gasteiger partial charge in [0.15, 0.2) is 0 Å². The van der Waals surface area contributed by atoms with Crippen LogP contribution in [-0.2, 0) is 4.79 Å². The summed E-state index contributed by atoms with van der Waals surface area (Å²) in [6.45, 7) is 3.61. The van der Waals surface area contributed by atoms with Crippen LogP contribution in [-0.4, -0.2) is 41.7 Å². The molecule has 0 aromatic carbocycles. The van der Waals surface area contributed by atoms with Crippen LogP contribution in [0.25, 0.3) is 0 Å². The fraction of sp³-hybridized carbons (Fsp3) is 0.500. The Balaban J connectivity index is 1.99. The first kappa shape index (κ1) is 16.7. The summed E-state index contributed by atoms with van der Waals surface area (Å²) < 4.78 is 0. The summed E-state index contributed by atoms with van der Waals surface area (Å²) in [7, 11) is 0. The molecule has 1 heterocycles. The molecule has 1 aromatic heterocycles.